The van der Waals surface area contributed by atoms with Crippen molar-refractivity contribution in [1.82, 2.24) is 9.78 Å². The molecule has 0 saturated heterocycles. The average Bonchev–Trinajstić information content (AvgIpc) is 2.82. The summed E-state index contributed by atoms with van der Waals surface area (Å²) >= 11 is 6.22. The normalized spacial score (nSPS) is 18.6. The molecule has 1 fully saturated rings. The molecule has 78 valence electrons. The van der Waals surface area contributed by atoms with Crippen LogP contribution in [0.2, 0.25) is 5.02 Å². The molecule has 1 aliphatic carbocycles. The molecule has 4 heteroatoms. The lowest BCUT2D eigenvalue weighted by atomic mass is 10.1. The lowest BCUT2D eigenvalue weighted by Crippen LogP contribution is -2.25. The second-order valence-corrected chi connectivity index (χ2v) is 4.60. The first-order valence-electron chi connectivity index (χ1n) is 5.05. The van der Waals surface area contributed by atoms with Gasteiger partial charge in [0.25, 0.3) is 0 Å². The van der Waals surface area contributed by atoms with Gasteiger partial charge in [0.15, 0.2) is 0 Å². The molecule has 2 rings (SSSR count). The van der Waals surface area contributed by atoms with Crippen molar-refractivity contribution in [3.63, 3.8) is 0 Å². The molecule has 3 nitrogen and oxygen atoms in total. The van der Waals surface area contributed by atoms with Gasteiger partial charge in [0.05, 0.1) is 16.4 Å². The molecule has 1 saturated carbocycles. The van der Waals surface area contributed by atoms with Gasteiger partial charge in [0.2, 0.25) is 0 Å². The van der Waals surface area contributed by atoms with Crippen molar-refractivity contribution < 1.29 is 0 Å². The quantitative estimate of drug-likeness (QED) is 0.830. The van der Waals surface area contributed by atoms with Crippen molar-refractivity contribution in [1.29, 1.82) is 0 Å². The van der Waals surface area contributed by atoms with Gasteiger partial charge in [-0.15, -0.1) is 0 Å². The Morgan fingerprint density at radius 1 is 1.57 bits per heavy atom. The van der Waals surface area contributed by atoms with E-state index in [1.54, 1.807) is 0 Å². The number of nitrogens with zero attached hydrogens (tertiary/aromatic N) is 2. The first kappa shape index (κ1) is 9.99. The van der Waals surface area contributed by atoms with Crippen LogP contribution < -0.4 is 5.73 Å². The zero-order chi connectivity index (χ0) is 10.3. The van der Waals surface area contributed by atoms with Crippen LogP contribution in [0.15, 0.2) is 0 Å². The summed E-state index contributed by atoms with van der Waals surface area (Å²) in [5, 5.41) is 5.18. The Bertz CT molecular complexity index is 352. The Labute approximate surface area is 89.2 Å². The SMILES string of the molecule is CCc1nn(C)c(CC2(N)CC2)c1Cl. The number of hydrogen-bond acceptors (Lipinski definition) is 2. The van der Waals surface area contributed by atoms with Gasteiger partial charge in [-0.25, -0.2) is 0 Å². The molecule has 0 aliphatic heterocycles. The second kappa shape index (κ2) is 3.24. The highest BCUT2D eigenvalue weighted by atomic mass is 35.5. The fourth-order valence-electron chi connectivity index (χ4n) is 1.68. The van der Waals surface area contributed by atoms with E-state index in [0.29, 0.717) is 0 Å². The summed E-state index contributed by atoms with van der Waals surface area (Å²) in [5.41, 5.74) is 8.14. The second-order valence-electron chi connectivity index (χ2n) is 4.22. The van der Waals surface area contributed by atoms with E-state index in [4.69, 9.17) is 17.3 Å². The van der Waals surface area contributed by atoms with Crippen LogP contribution in [0.5, 0.6) is 0 Å². The predicted molar refractivity (Wildman–Crippen MR) is 57.5 cm³/mol. The maximum absolute atomic E-state index is 6.22. The number of rotatable bonds is 3. The average molecular weight is 214 g/mol. The topological polar surface area (TPSA) is 43.8 Å². The van der Waals surface area contributed by atoms with Crippen LogP contribution in [0.3, 0.4) is 0 Å². The Kier molecular flexibility index (Phi) is 2.32. The molecular formula is C10H16ClN3. The molecule has 0 bridgehead atoms. The largest absolute Gasteiger partial charge is 0.325 e. The molecule has 0 unspecified atom stereocenters. The summed E-state index contributed by atoms with van der Waals surface area (Å²) in [4.78, 5) is 0. The number of hydrogen-bond donors (Lipinski definition) is 1. The van der Waals surface area contributed by atoms with Crippen LogP contribution in [0.1, 0.15) is 31.2 Å². The van der Waals surface area contributed by atoms with Gasteiger partial charge >= 0.3 is 0 Å². The van der Waals surface area contributed by atoms with Crippen LogP contribution in [-0.4, -0.2) is 15.3 Å². The third kappa shape index (κ3) is 1.66. The Hall–Kier alpha value is -0.540. The lowest BCUT2D eigenvalue weighted by Gasteiger charge is -2.08. The molecule has 0 spiro atoms. The minimum atomic E-state index is 0.00243. The summed E-state index contributed by atoms with van der Waals surface area (Å²) in [7, 11) is 1.94. The van der Waals surface area contributed by atoms with Gasteiger partial charge in [-0.3, -0.25) is 4.68 Å². The fourth-order valence-corrected chi connectivity index (χ4v) is 2.04. The van der Waals surface area contributed by atoms with Gasteiger partial charge in [-0.2, -0.15) is 5.10 Å². The van der Waals surface area contributed by atoms with Gasteiger partial charge in [-0.1, -0.05) is 18.5 Å². The van der Waals surface area contributed by atoms with E-state index in [1.807, 2.05) is 11.7 Å². The molecule has 0 radical (unpaired) electrons. The molecule has 14 heavy (non-hydrogen) atoms. The Morgan fingerprint density at radius 3 is 2.64 bits per heavy atom. The molecule has 0 aromatic carbocycles. The van der Waals surface area contributed by atoms with E-state index in [0.717, 1.165) is 42.1 Å². The molecule has 0 amide bonds. The zero-order valence-electron chi connectivity index (χ0n) is 8.68. The van der Waals surface area contributed by atoms with Gasteiger partial charge < -0.3 is 5.73 Å². The van der Waals surface area contributed by atoms with Crippen LogP contribution in [0, 0.1) is 0 Å². The Morgan fingerprint density at radius 2 is 2.21 bits per heavy atom. The van der Waals surface area contributed by atoms with E-state index in [1.165, 1.54) is 0 Å². The summed E-state index contributed by atoms with van der Waals surface area (Å²) < 4.78 is 1.87. The third-order valence-electron chi connectivity index (χ3n) is 2.91. The van der Waals surface area contributed by atoms with Crippen molar-refractivity contribution in [2.24, 2.45) is 12.8 Å². The molecule has 1 aromatic heterocycles. The summed E-state index contributed by atoms with van der Waals surface area (Å²) in [6.45, 7) is 2.06. The highest BCUT2D eigenvalue weighted by molar-refractivity contribution is 6.31. The van der Waals surface area contributed by atoms with E-state index in [-0.39, 0.29) is 5.54 Å². The van der Waals surface area contributed by atoms with Crippen LogP contribution in [-0.2, 0) is 19.9 Å². The molecule has 0 atom stereocenters. The predicted octanol–water partition coefficient (Wildman–Crippen LogP) is 1.67. The van der Waals surface area contributed by atoms with Crippen molar-refractivity contribution in [2.75, 3.05) is 0 Å². The molecular weight excluding hydrogens is 198 g/mol. The molecule has 1 heterocycles. The minimum absolute atomic E-state index is 0.00243. The number of halogens is 1. The highest BCUT2D eigenvalue weighted by Gasteiger charge is 2.39. The number of aryl methyl sites for hydroxylation is 2. The molecule has 1 aliphatic rings. The maximum atomic E-state index is 6.22. The monoisotopic (exact) mass is 213 g/mol. The van der Waals surface area contributed by atoms with Crippen LogP contribution in [0.25, 0.3) is 0 Å². The first-order chi connectivity index (χ1) is 6.56. The number of aromatic nitrogens is 2. The van der Waals surface area contributed by atoms with Gasteiger partial charge in [0, 0.05) is 19.0 Å². The summed E-state index contributed by atoms with van der Waals surface area (Å²) in [6.07, 6.45) is 3.95. The first-order valence-corrected chi connectivity index (χ1v) is 5.42. The minimum Gasteiger partial charge on any atom is -0.325 e. The number of nitrogens with two attached hydrogens (primary N) is 1. The lowest BCUT2D eigenvalue weighted by molar-refractivity contribution is 0.611. The fraction of sp³-hybridized carbons (Fsp3) is 0.700. The van der Waals surface area contributed by atoms with Crippen LogP contribution in [0.4, 0.5) is 0 Å². The molecule has 1 aromatic rings. The van der Waals surface area contributed by atoms with E-state index in [9.17, 15) is 0 Å². The van der Waals surface area contributed by atoms with Crippen molar-refractivity contribution in [3.8, 4) is 0 Å². The van der Waals surface area contributed by atoms with E-state index in [2.05, 4.69) is 12.0 Å². The van der Waals surface area contributed by atoms with E-state index < -0.39 is 0 Å². The van der Waals surface area contributed by atoms with Crippen LogP contribution >= 0.6 is 11.6 Å². The summed E-state index contributed by atoms with van der Waals surface area (Å²) in [5.74, 6) is 0. The standard InChI is InChI=1S/C10H16ClN3/c1-3-7-9(11)8(14(2)13-7)6-10(12)4-5-10/h3-6,12H2,1-2H3. The van der Waals surface area contributed by atoms with Crippen molar-refractivity contribution in [3.05, 3.63) is 16.4 Å². The van der Waals surface area contributed by atoms with Gasteiger partial charge in [-0.05, 0) is 19.3 Å². The smallest absolute Gasteiger partial charge is 0.0850 e. The maximum Gasteiger partial charge on any atom is 0.0850 e. The third-order valence-corrected chi connectivity index (χ3v) is 3.35. The highest BCUT2D eigenvalue weighted by Crippen LogP contribution is 2.37. The van der Waals surface area contributed by atoms with Crippen molar-refractivity contribution in [2.45, 2.75) is 38.1 Å². The summed E-state index contributed by atoms with van der Waals surface area (Å²) in [6, 6.07) is 0. The Balaban J connectivity index is 2.27. The molecule has 2 N–H and O–H groups in total. The zero-order valence-corrected chi connectivity index (χ0v) is 9.43. The van der Waals surface area contributed by atoms with Crippen molar-refractivity contribution >= 4 is 11.6 Å². The van der Waals surface area contributed by atoms with Gasteiger partial charge in [0.1, 0.15) is 0 Å². The van der Waals surface area contributed by atoms with E-state index >= 15 is 0 Å².